The Kier molecular flexibility index (Phi) is 16.4. The van der Waals surface area contributed by atoms with Gasteiger partial charge in [0, 0.05) is 52.0 Å². The Morgan fingerprint density at radius 2 is 1.52 bits per heavy atom. The first-order valence-corrected chi connectivity index (χ1v) is 20.4. The zero-order chi connectivity index (χ0) is 41.6. The molecule has 14 heteroatoms. The van der Waals surface area contributed by atoms with Gasteiger partial charge in [0.15, 0.2) is 0 Å². The average Bonchev–Trinajstić information content (AvgIpc) is 3.18. The summed E-state index contributed by atoms with van der Waals surface area (Å²) in [7, 11) is 4.48. The van der Waals surface area contributed by atoms with Crippen LogP contribution in [0.15, 0.2) is 23.3 Å². The number of esters is 1. The highest BCUT2D eigenvalue weighted by atomic mass is 16.7. The smallest absolute Gasteiger partial charge is 0.329 e. The minimum absolute atomic E-state index is 0.0250. The summed E-state index contributed by atoms with van der Waals surface area (Å²) in [4.78, 5) is 57.3. The van der Waals surface area contributed by atoms with Crippen LogP contribution in [0.25, 0.3) is 0 Å². The number of rotatable bonds is 5. The van der Waals surface area contributed by atoms with E-state index in [1.165, 1.54) is 14.2 Å². The van der Waals surface area contributed by atoms with Gasteiger partial charge in [-0.05, 0) is 88.2 Å². The van der Waals surface area contributed by atoms with Crippen LogP contribution in [0.4, 0.5) is 0 Å². The normalized spacial score (nSPS) is 42.0. The molecule has 1 saturated carbocycles. The van der Waals surface area contributed by atoms with E-state index in [4.69, 9.17) is 23.7 Å². The van der Waals surface area contributed by atoms with Crippen molar-refractivity contribution in [2.24, 2.45) is 29.6 Å². The van der Waals surface area contributed by atoms with Crippen molar-refractivity contribution in [3.8, 4) is 0 Å². The first kappa shape index (κ1) is 46.1. The Morgan fingerprint density at radius 1 is 0.875 bits per heavy atom. The van der Waals surface area contributed by atoms with E-state index in [0.29, 0.717) is 43.3 Å². The molecule has 3 heterocycles. The molecule has 4 rings (SSSR count). The van der Waals surface area contributed by atoms with Crippen LogP contribution in [0, 0.1) is 29.6 Å². The number of methoxy groups -OCH3 is 3. The number of hydrogen-bond acceptors (Lipinski definition) is 13. The number of nitrogens with zero attached hydrogens (tertiary/aromatic N) is 1. The van der Waals surface area contributed by atoms with Crippen molar-refractivity contribution in [1.29, 1.82) is 0 Å². The van der Waals surface area contributed by atoms with E-state index >= 15 is 0 Å². The highest BCUT2D eigenvalue weighted by molar-refractivity contribution is 6.39. The highest BCUT2D eigenvalue weighted by Gasteiger charge is 2.56. The number of aliphatic hydroxyl groups is 4. The summed E-state index contributed by atoms with van der Waals surface area (Å²) in [5.41, 5.74) is 1.16. The molecular formula is C42H67NO13. The predicted octanol–water partition coefficient (Wildman–Crippen LogP) is 3.05. The van der Waals surface area contributed by atoms with Crippen LogP contribution in [0.2, 0.25) is 0 Å². The molecule has 0 aromatic rings. The van der Waals surface area contributed by atoms with Gasteiger partial charge in [-0.3, -0.25) is 14.4 Å². The molecule has 0 aromatic heterocycles. The number of cyclic esters (lactones) is 1. The third-order valence-corrected chi connectivity index (χ3v) is 12.9. The van der Waals surface area contributed by atoms with Gasteiger partial charge in [0.25, 0.3) is 11.7 Å². The summed E-state index contributed by atoms with van der Waals surface area (Å²) in [5, 5.41) is 45.3. The number of carbonyl (C=O) groups excluding carboxylic acids is 4. The molecule has 0 spiro atoms. The summed E-state index contributed by atoms with van der Waals surface area (Å²) >= 11 is 0. The first-order valence-electron chi connectivity index (χ1n) is 20.4. The summed E-state index contributed by atoms with van der Waals surface area (Å²) < 4.78 is 29.5. The van der Waals surface area contributed by atoms with E-state index < -0.39 is 95.9 Å². The standard InChI is InChI=1S/C42H67NO13/c1-22-16-23(2)36(47)24(3)18-34(53-8)38-35(54-9)19-26(5)42(51,56-38)39(48)40(49)43-15-11-10-12-29(43)41(50)55-37(27(6)32(46)21-31(22)45)25(4)17-28-13-14-30(44)33(20-28)52-7/h16-17,22,24,26-30,32-38,44,46-47,51H,10-15,18-21H2,1-9H3. The number of Topliss-reactive ketones (excluding diaryl/α,β-unsaturated/α-hetero) is 2. The molecule has 1 aliphatic carbocycles. The number of allylic oxidation sites excluding steroid dienone is 2. The Hall–Kier alpha value is -2.56. The van der Waals surface area contributed by atoms with Crippen LogP contribution in [0.1, 0.15) is 99.3 Å². The lowest BCUT2D eigenvalue weighted by Crippen LogP contribution is -2.64. The third kappa shape index (κ3) is 10.4. The fraction of sp³-hybridized carbons (Fsp3) is 0.810. The highest BCUT2D eigenvalue weighted by Crippen LogP contribution is 2.39. The van der Waals surface area contributed by atoms with Gasteiger partial charge < -0.3 is 49.0 Å². The molecule has 3 aliphatic heterocycles. The van der Waals surface area contributed by atoms with Crippen molar-refractivity contribution in [3.63, 3.8) is 0 Å². The lowest BCUT2D eigenvalue weighted by Gasteiger charge is -2.47. The number of carbonyl (C=O) groups is 4. The predicted molar refractivity (Wildman–Crippen MR) is 205 cm³/mol. The SMILES string of the molecule is COC1CC(C=C(C)C2OC(=O)C3CCCCN3C(=O)C(=O)C3(O)OC(C(OC)CC(C)C(O)C(C)=CC(C)C(=O)CC(O)C2C)C(OC)CC3C)CCC1O. The lowest BCUT2D eigenvalue weighted by molar-refractivity contribution is -0.302. The second-order valence-electron chi connectivity index (χ2n) is 16.9. The van der Waals surface area contributed by atoms with Gasteiger partial charge >= 0.3 is 5.97 Å². The van der Waals surface area contributed by atoms with Crippen molar-refractivity contribution in [2.75, 3.05) is 27.9 Å². The maximum atomic E-state index is 14.2. The molecule has 4 N–H and O–H groups in total. The Morgan fingerprint density at radius 3 is 2.16 bits per heavy atom. The van der Waals surface area contributed by atoms with Crippen molar-refractivity contribution in [3.05, 3.63) is 23.3 Å². The van der Waals surface area contributed by atoms with E-state index in [0.717, 1.165) is 4.90 Å². The molecule has 15 unspecified atom stereocenters. The van der Waals surface area contributed by atoms with Crippen molar-refractivity contribution < 1.29 is 63.3 Å². The van der Waals surface area contributed by atoms with Crippen LogP contribution < -0.4 is 0 Å². The Labute approximate surface area is 331 Å². The molecule has 318 valence electrons. The third-order valence-electron chi connectivity index (χ3n) is 12.9. The van der Waals surface area contributed by atoms with Crippen LogP contribution >= 0.6 is 0 Å². The average molecular weight is 794 g/mol. The van der Waals surface area contributed by atoms with Crippen molar-refractivity contribution in [1.82, 2.24) is 4.90 Å². The van der Waals surface area contributed by atoms with E-state index in [2.05, 4.69) is 0 Å². The van der Waals surface area contributed by atoms with Gasteiger partial charge in [-0.2, -0.15) is 0 Å². The molecule has 14 nitrogen and oxygen atoms in total. The topological polar surface area (TPSA) is 199 Å². The molecule has 56 heavy (non-hydrogen) atoms. The van der Waals surface area contributed by atoms with Gasteiger partial charge in [-0.25, -0.2) is 4.79 Å². The fourth-order valence-corrected chi connectivity index (χ4v) is 9.08. The minimum Gasteiger partial charge on any atom is -0.456 e. The number of fused-ring (bicyclic) bond motifs is 3. The van der Waals surface area contributed by atoms with Crippen LogP contribution in [0.5, 0.6) is 0 Å². The molecular weight excluding hydrogens is 726 g/mol. The van der Waals surface area contributed by atoms with Crippen LogP contribution in [-0.2, 0) is 42.9 Å². The van der Waals surface area contributed by atoms with Crippen molar-refractivity contribution in [2.45, 2.75) is 160 Å². The maximum absolute atomic E-state index is 14.2. The maximum Gasteiger partial charge on any atom is 0.329 e. The molecule has 0 radical (unpaired) electrons. The number of aliphatic hydroxyl groups excluding tert-OH is 3. The van der Waals surface area contributed by atoms with Gasteiger partial charge in [0.05, 0.1) is 36.6 Å². The van der Waals surface area contributed by atoms with Gasteiger partial charge in [0.1, 0.15) is 24.0 Å². The summed E-state index contributed by atoms with van der Waals surface area (Å²) in [6.07, 6.45) is 0.115. The van der Waals surface area contributed by atoms with Crippen LogP contribution in [0.3, 0.4) is 0 Å². The van der Waals surface area contributed by atoms with E-state index in [1.807, 2.05) is 13.0 Å². The molecule has 15 atom stereocenters. The van der Waals surface area contributed by atoms with Gasteiger partial charge in [0.2, 0.25) is 5.79 Å². The molecule has 3 fully saturated rings. The molecule has 1 amide bonds. The molecule has 4 aliphatic rings. The second-order valence-corrected chi connectivity index (χ2v) is 16.9. The molecule has 2 saturated heterocycles. The van der Waals surface area contributed by atoms with E-state index in [1.54, 1.807) is 47.8 Å². The number of piperidine rings is 1. The Balaban J connectivity index is 1.77. The summed E-state index contributed by atoms with van der Waals surface area (Å²) in [6.45, 7) is 10.4. The first-order chi connectivity index (χ1) is 26.4. The van der Waals surface area contributed by atoms with E-state index in [9.17, 15) is 39.6 Å². The van der Waals surface area contributed by atoms with E-state index in [-0.39, 0.29) is 50.0 Å². The minimum atomic E-state index is -2.57. The number of amides is 1. The largest absolute Gasteiger partial charge is 0.456 e. The number of ether oxygens (including phenoxy) is 5. The fourth-order valence-electron chi connectivity index (χ4n) is 9.08. The summed E-state index contributed by atoms with van der Waals surface area (Å²) in [5.74, 6) is -8.68. The molecule has 0 aromatic carbocycles. The van der Waals surface area contributed by atoms with Crippen LogP contribution in [-0.4, -0.2) is 137 Å². The lowest BCUT2D eigenvalue weighted by atomic mass is 9.81. The summed E-state index contributed by atoms with van der Waals surface area (Å²) in [6, 6.07) is -1.16. The Bertz CT molecular complexity index is 1450. The molecule has 2 bridgehead atoms. The number of hydrogen-bond donors (Lipinski definition) is 4. The van der Waals surface area contributed by atoms with Crippen molar-refractivity contribution >= 4 is 23.4 Å². The monoisotopic (exact) mass is 793 g/mol. The van der Waals surface area contributed by atoms with Gasteiger partial charge in [-0.15, -0.1) is 0 Å². The second kappa shape index (κ2) is 19.9. The zero-order valence-corrected chi connectivity index (χ0v) is 34.7. The number of ketones is 2. The quantitative estimate of drug-likeness (QED) is 0.180. The van der Waals surface area contributed by atoms with Gasteiger partial charge in [-0.1, -0.05) is 39.8 Å². The zero-order valence-electron chi connectivity index (χ0n) is 34.7.